The van der Waals surface area contributed by atoms with Crippen molar-refractivity contribution < 1.29 is 32.6 Å². The number of ether oxygens (including phenoxy) is 1. The van der Waals surface area contributed by atoms with Crippen molar-refractivity contribution in [2.24, 2.45) is 0 Å². The van der Waals surface area contributed by atoms with Crippen molar-refractivity contribution in [3.8, 4) is 22.3 Å². The zero-order chi connectivity index (χ0) is 27.7. The van der Waals surface area contributed by atoms with Crippen LogP contribution >= 0.6 is 11.6 Å². The van der Waals surface area contributed by atoms with Crippen LogP contribution in [0.2, 0.25) is 5.02 Å². The van der Waals surface area contributed by atoms with Gasteiger partial charge < -0.3 is 15.2 Å². The summed E-state index contributed by atoms with van der Waals surface area (Å²) in [6, 6.07) is 18.5. The van der Waals surface area contributed by atoms with Crippen molar-refractivity contribution >= 4 is 23.7 Å². The summed E-state index contributed by atoms with van der Waals surface area (Å²) >= 11 is 6.10. The first kappa shape index (κ1) is 26.3. The molecule has 1 atom stereocenters. The number of hydrogen-bond donors (Lipinski definition) is 2. The lowest BCUT2D eigenvalue weighted by Crippen LogP contribution is -2.43. The molecule has 4 aromatic rings. The predicted molar refractivity (Wildman–Crippen MR) is 137 cm³/mol. The number of hydrogen-bond acceptors (Lipinski definition) is 4. The van der Waals surface area contributed by atoms with Crippen LogP contribution in [0.25, 0.3) is 22.3 Å². The Kier molecular flexibility index (Phi) is 7.05. The van der Waals surface area contributed by atoms with Crippen molar-refractivity contribution in [3.63, 3.8) is 0 Å². The fourth-order valence-corrected chi connectivity index (χ4v) is 5.01. The second kappa shape index (κ2) is 10.5. The maximum atomic E-state index is 13.0. The summed E-state index contributed by atoms with van der Waals surface area (Å²) in [5.74, 6) is -1.56. The molecule has 1 aromatic heterocycles. The van der Waals surface area contributed by atoms with Gasteiger partial charge in [-0.05, 0) is 45.5 Å². The van der Waals surface area contributed by atoms with Crippen molar-refractivity contribution in [2.75, 3.05) is 6.61 Å². The van der Waals surface area contributed by atoms with Gasteiger partial charge in [0.25, 0.3) is 0 Å². The van der Waals surface area contributed by atoms with Gasteiger partial charge in [-0.1, -0.05) is 66.2 Å². The monoisotopic (exact) mass is 555 g/mol. The number of rotatable bonds is 7. The average molecular weight is 556 g/mol. The SMILES string of the molecule is O=C(N[C@@H](Cc1cc(Cl)ccc1-c1cnn(C(F)(F)F)c1)C(=O)O)OCC1c2ccccc2-c2ccccc21. The van der Waals surface area contributed by atoms with Crippen molar-refractivity contribution in [1.82, 2.24) is 15.1 Å². The topological polar surface area (TPSA) is 93.5 Å². The number of nitrogens with one attached hydrogen (secondary N) is 1. The van der Waals surface area contributed by atoms with Gasteiger partial charge in [-0.15, -0.1) is 13.2 Å². The van der Waals surface area contributed by atoms with Gasteiger partial charge in [0.2, 0.25) is 0 Å². The number of carboxylic acid groups (broad SMARTS) is 1. The molecular weight excluding hydrogens is 535 g/mol. The third-order valence-electron chi connectivity index (χ3n) is 6.58. The third-order valence-corrected chi connectivity index (χ3v) is 6.81. The molecule has 0 radical (unpaired) electrons. The van der Waals surface area contributed by atoms with Crippen molar-refractivity contribution in [1.29, 1.82) is 0 Å². The van der Waals surface area contributed by atoms with Crippen LogP contribution in [0.5, 0.6) is 0 Å². The fourth-order valence-electron chi connectivity index (χ4n) is 4.82. The van der Waals surface area contributed by atoms with Crippen LogP contribution < -0.4 is 5.32 Å². The molecule has 1 aliphatic carbocycles. The highest BCUT2D eigenvalue weighted by Gasteiger charge is 2.32. The lowest BCUT2D eigenvalue weighted by molar-refractivity contribution is -0.212. The number of alkyl carbamates (subject to hydrolysis) is 1. The maximum absolute atomic E-state index is 13.0. The van der Waals surface area contributed by atoms with E-state index in [4.69, 9.17) is 16.3 Å². The summed E-state index contributed by atoms with van der Waals surface area (Å²) in [6.45, 7) is -0.00869. The number of halogens is 4. The van der Waals surface area contributed by atoms with Crippen molar-refractivity contribution in [2.45, 2.75) is 24.7 Å². The lowest BCUT2D eigenvalue weighted by atomic mass is 9.97. The lowest BCUT2D eigenvalue weighted by Gasteiger charge is -2.18. The molecule has 0 saturated carbocycles. The van der Waals surface area contributed by atoms with E-state index < -0.39 is 24.4 Å². The van der Waals surface area contributed by atoms with Crippen LogP contribution in [-0.4, -0.2) is 39.6 Å². The minimum Gasteiger partial charge on any atom is -0.480 e. The molecule has 0 unspecified atom stereocenters. The van der Waals surface area contributed by atoms with E-state index in [9.17, 15) is 27.9 Å². The number of benzene rings is 3. The first-order valence-corrected chi connectivity index (χ1v) is 12.2. The Balaban J connectivity index is 1.31. The van der Waals surface area contributed by atoms with Crippen LogP contribution in [-0.2, 0) is 22.3 Å². The van der Waals surface area contributed by atoms with Gasteiger partial charge in [0.05, 0.1) is 6.20 Å². The summed E-state index contributed by atoms with van der Waals surface area (Å²) in [5.41, 5.74) is 4.84. The smallest absolute Gasteiger partial charge is 0.480 e. The Bertz CT molecular complexity index is 1510. The normalized spacial score (nSPS) is 13.4. The van der Waals surface area contributed by atoms with Crippen molar-refractivity contribution in [3.05, 3.63) is 101 Å². The standard InChI is InChI=1S/C28H21ClF3N3O4/c29-18-9-10-19(17-13-33-35(14-17)28(30,31)32)16(11-18)12-25(26(36)37)34-27(38)39-15-24-22-7-3-1-5-20(22)21-6-2-4-8-23(21)24/h1-11,13-14,24-25H,12,15H2,(H,34,38)(H,36,37)/t25-/m0/s1. The van der Waals surface area contributed by atoms with Gasteiger partial charge in [0.1, 0.15) is 12.6 Å². The summed E-state index contributed by atoms with van der Waals surface area (Å²) < 4.78 is 44.4. The van der Waals surface area contributed by atoms with E-state index in [0.717, 1.165) is 34.6 Å². The van der Waals surface area contributed by atoms with Gasteiger partial charge >= 0.3 is 18.4 Å². The number of carboxylic acids is 1. The minimum absolute atomic E-state index is 0.00869. The number of alkyl halides is 3. The summed E-state index contributed by atoms with van der Waals surface area (Å²) in [7, 11) is 0. The van der Waals surface area contributed by atoms with E-state index >= 15 is 0 Å². The molecule has 3 aromatic carbocycles. The number of carbonyl (C=O) groups is 2. The third kappa shape index (κ3) is 5.46. The van der Waals surface area contributed by atoms with Gasteiger partial charge in [-0.25, -0.2) is 9.59 Å². The number of carbonyl (C=O) groups excluding carboxylic acids is 1. The molecule has 2 N–H and O–H groups in total. The Hall–Kier alpha value is -4.31. The maximum Gasteiger partial charge on any atom is 0.504 e. The number of fused-ring (bicyclic) bond motifs is 3. The molecule has 0 saturated heterocycles. The second-order valence-corrected chi connectivity index (χ2v) is 9.44. The molecule has 1 heterocycles. The predicted octanol–water partition coefficient (Wildman–Crippen LogP) is 6.21. The summed E-state index contributed by atoms with van der Waals surface area (Å²) in [5, 5.41) is 15.7. The molecule has 0 spiro atoms. The highest BCUT2D eigenvalue weighted by atomic mass is 35.5. The minimum atomic E-state index is -4.71. The molecule has 11 heteroatoms. The first-order chi connectivity index (χ1) is 18.6. The average Bonchev–Trinajstić information content (AvgIpc) is 3.51. The van der Waals surface area contributed by atoms with E-state index in [1.165, 1.54) is 18.2 Å². The highest BCUT2D eigenvalue weighted by molar-refractivity contribution is 6.30. The van der Waals surface area contributed by atoms with Gasteiger partial charge in [-0.3, -0.25) is 0 Å². The molecule has 5 rings (SSSR count). The molecular formula is C28H21ClF3N3O4. The molecule has 0 bridgehead atoms. The van der Waals surface area contributed by atoms with Crippen LogP contribution in [0.4, 0.5) is 18.0 Å². The highest BCUT2D eigenvalue weighted by Crippen LogP contribution is 2.44. The molecule has 7 nitrogen and oxygen atoms in total. The Morgan fingerprint density at radius 3 is 2.26 bits per heavy atom. The van der Waals surface area contributed by atoms with Crippen LogP contribution in [0, 0.1) is 0 Å². The Labute approximate surface area is 225 Å². The van der Waals surface area contributed by atoms with Gasteiger partial charge in [0.15, 0.2) is 0 Å². The Morgan fingerprint density at radius 2 is 1.67 bits per heavy atom. The van der Waals surface area contributed by atoms with E-state index in [1.807, 2.05) is 48.5 Å². The first-order valence-electron chi connectivity index (χ1n) is 11.9. The largest absolute Gasteiger partial charge is 0.504 e. The zero-order valence-corrected chi connectivity index (χ0v) is 20.9. The quantitative estimate of drug-likeness (QED) is 0.283. The number of nitrogens with zero attached hydrogens (tertiary/aromatic N) is 2. The number of amides is 1. The molecule has 0 fully saturated rings. The number of aromatic nitrogens is 2. The van der Waals surface area contributed by atoms with E-state index in [-0.39, 0.29) is 34.2 Å². The molecule has 0 aliphatic heterocycles. The van der Waals surface area contributed by atoms with Gasteiger partial charge in [0, 0.05) is 29.1 Å². The van der Waals surface area contributed by atoms with E-state index in [0.29, 0.717) is 11.1 Å². The number of aliphatic carboxylic acids is 1. The summed E-state index contributed by atoms with van der Waals surface area (Å²) in [6.07, 6.45) is -4.08. The second-order valence-electron chi connectivity index (χ2n) is 9.01. The molecule has 1 amide bonds. The van der Waals surface area contributed by atoms with E-state index in [2.05, 4.69) is 10.4 Å². The molecule has 1 aliphatic rings. The fraction of sp³-hybridized carbons (Fsp3) is 0.179. The van der Waals surface area contributed by atoms with E-state index in [1.54, 1.807) is 0 Å². The molecule has 200 valence electrons. The van der Waals surface area contributed by atoms with Crippen LogP contribution in [0.3, 0.4) is 0 Å². The van der Waals surface area contributed by atoms with Gasteiger partial charge in [-0.2, -0.15) is 9.78 Å². The van der Waals surface area contributed by atoms with Crippen LogP contribution in [0.15, 0.2) is 79.1 Å². The van der Waals surface area contributed by atoms with Crippen LogP contribution in [0.1, 0.15) is 22.6 Å². The zero-order valence-electron chi connectivity index (χ0n) is 20.2. The molecule has 39 heavy (non-hydrogen) atoms. The summed E-state index contributed by atoms with van der Waals surface area (Å²) in [4.78, 5) is 24.7. The Morgan fingerprint density at radius 1 is 1.03 bits per heavy atom.